The van der Waals surface area contributed by atoms with E-state index in [9.17, 15) is 0 Å². The summed E-state index contributed by atoms with van der Waals surface area (Å²) in [7, 11) is 0. The van der Waals surface area contributed by atoms with Crippen molar-refractivity contribution in [2.45, 2.75) is 51.8 Å². The van der Waals surface area contributed by atoms with Crippen LogP contribution in [0.2, 0.25) is 0 Å². The number of aromatic nitrogens is 2. The van der Waals surface area contributed by atoms with Crippen molar-refractivity contribution in [3.63, 3.8) is 0 Å². The minimum absolute atomic E-state index is 0.192. The first-order valence-electron chi connectivity index (χ1n) is 6.12. The number of hydrogen-bond acceptors (Lipinski definition) is 3. The molecule has 4 heteroatoms. The molecule has 1 aliphatic rings. The van der Waals surface area contributed by atoms with E-state index in [1.807, 2.05) is 6.20 Å². The average Bonchev–Trinajstić information content (AvgIpc) is 2.73. The van der Waals surface area contributed by atoms with Gasteiger partial charge in [0.05, 0.1) is 18.0 Å². The summed E-state index contributed by atoms with van der Waals surface area (Å²) in [5, 5.41) is 4.42. The van der Waals surface area contributed by atoms with Crippen LogP contribution in [0.3, 0.4) is 0 Å². The van der Waals surface area contributed by atoms with E-state index in [0.29, 0.717) is 12.6 Å². The number of nitrogens with two attached hydrogens (primary N) is 1. The quantitative estimate of drug-likeness (QED) is 0.854. The van der Waals surface area contributed by atoms with Gasteiger partial charge in [0.1, 0.15) is 0 Å². The molecule has 0 radical (unpaired) electrons. The molecule has 0 aromatic carbocycles. The Morgan fingerprint density at radius 1 is 1.56 bits per heavy atom. The van der Waals surface area contributed by atoms with Gasteiger partial charge < -0.3 is 10.5 Å². The van der Waals surface area contributed by atoms with Crippen LogP contribution in [0, 0.1) is 0 Å². The van der Waals surface area contributed by atoms with Gasteiger partial charge >= 0.3 is 0 Å². The van der Waals surface area contributed by atoms with Crippen molar-refractivity contribution < 1.29 is 4.74 Å². The SMILES string of the molecule is CC(C)n1ncc(CN)c1C1CCCCO1. The molecule has 0 spiro atoms. The van der Waals surface area contributed by atoms with Crippen molar-refractivity contribution in [3.05, 3.63) is 17.5 Å². The molecule has 0 amide bonds. The van der Waals surface area contributed by atoms with Crippen LogP contribution in [0.25, 0.3) is 0 Å². The predicted octanol–water partition coefficient (Wildman–Crippen LogP) is 2.16. The minimum Gasteiger partial charge on any atom is -0.372 e. The van der Waals surface area contributed by atoms with Gasteiger partial charge in [-0.1, -0.05) is 0 Å². The number of nitrogens with zero attached hydrogens (tertiary/aromatic N) is 2. The Morgan fingerprint density at radius 3 is 2.94 bits per heavy atom. The molecule has 90 valence electrons. The van der Waals surface area contributed by atoms with Crippen LogP contribution < -0.4 is 5.73 Å². The van der Waals surface area contributed by atoms with Gasteiger partial charge in [-0.3, -0.25) is 4.68 Å². The van der Waals surface area contributed by atoms with Crippen LogP contribution >= 0.6 is 0 Å². The molecule has 0 bridgehead atoms. The highest BCUT2D eigenvalue weighted by atomic mass is 16.5. The smallest absolute Gasteiger partial charge is 0.0994 e. The van der Waals surface area contributed by atoms with Crippen molar-refractivity contribution in [2.24, 2.45) is 5.73 Å². The lowest BCUT2D eigenvalue weighted by molar-refractivity contribution is 0.00831. The zero-order chi connectivity index (χ0) is 11.5. The third-order valence-corrected chi connectivity index (χ3v) is 3.11. The zero-order valence-corrected chi connectivity index (χ0v) is 10.1. The zero-order valence-electron chi connectivity index (χ0n) is 10.1. The van der Waals surface area contributed by atoms with Crippen LogP contribution in [-0.4, -0.2) is 16.4 Å². The average molecular weight is 223 g/mol. The van der Waals surface area contributed by atoms with Gasteiger partial charge in [0, 0.05) is 24.8 Å². The summed E-state index contributed by atoms with van der Waals surface area (Å²) in [6.07, 6.45) is 5.57. The highest BCUT2D eigenvalue weighted by molar-refractivity contribution is 5.21. The number of rotatable bonds is 3. The molecular weight excluding hydrogens is 202 g/mol. The van der Waals surface area contributed by atoms with Crippen LogP contribution in [0.5, 0.6) is 0 Å². The Bertz CT molecular complexity index is 340. The third-order valence-electron chi connectivity index (χ3n) is 3.11. The highest BCUT2D eigenvalue weighted by Gasteiger charge is 2.24. The van der Waals surface area contributed by atoms with Crippen molar-refractivity contribution >= 4 is 0 Å². The molecule has 2 rings (SSSR count). The predicted molar refractivity (Wildman–Crippen MR) is 63.0 cm³/mol. The number of ether oxygens (including phenoxy) is 1. The van der Waals surface area contributed by atoms with Gasteiger partial charge in [0.25, 0.3) is 0 Å². The van der Waals surface area contributed by atoms with E-state index in [1.165, 1.54) is 18.5 Å². The van der Waals surface area contributed by atoms with Crippen molar-refractivity contribution in [1.82, 2.24) is 9.78 Å². The van der Waals surface area contributed by atoms with Crippen LogP contribution in [0.4, 0.5) is 0 Å². The summed E-state index contributed by atoms with van der Waals surface area (Å²) in [5.41, 5.74) is 8.08. The Balaban J connectivity index is 2.31. The van der Waals surface area contributed by atoms with Crippen LogP contribution in [-0.2, 0) is 11.3 Å². The van der Waals surface area contributed by atoms with E-state index < -0.39 is 0 Å². The molecule has 1 aromatic heterocycles. The van der Waals surface area contributed by atoms with E-state index >= 15 is 0 Å². The molecule has 1 saturated heterocycles. The standard InChI is InChI=1S/C12H21N3O/c1-9(2)15-12(10(7-13)8-14-15)11-5-3-4-6-16-11/h8-9,11H,3-7,13H2,1-2H3. The Labute approximate surface area is 96.8 Å². The second-order valence-corrected chi connectivity index (χ2v) is 4.65. The lowest BCUT2D eigenvalue weighted by Crippen LogP contribution is -2.19. The van der Waals surface area contributed by atoms with E-state index in [1.54, 1.807) is 0 Å². The van der Waals surface area contributed by atoms with Crippen molar-refractivity contribution in [2.75, 3.05) is 6.61 Å². The summed E-state index contributed by atoms with van der Waals surface area (Å²) in [4.78, 5) is 0. The lowest BCUT2D eigenvalue weighted by Gasteiger charge is -2.25. The maximum atomic E-state index is 5.84. The fraction of sp³-hybridized carbons (Fsp3) is 0.750. The molecule has 1 fully saturated rings. The molecule has 1 aliphatic heterocycles. The summed E-state index contributed by atoms with van der Waals surface area (Å²) >= 11 is 0. The highest BCUT2D eigenvalue weighted by Crippen LogP contribution is 2.31. The minimum atomic E-state index is 0.192. The Hall–Kier alpha value is -0.870. The Kier molecular flexibility index (Phi) is 3.61. The normalized spacial score (nSPS) is 21.6. The molecule has 16 heavy (non-hydrogen) atoms. The van der Waals surface area contributed by atoms with Crippen molar-refractivity contribution in [3.8, 4) is 0 Å². The molecule has 0 saturated carbocycles. The van der Waals surface area contributed by atoms with Crippen LogP contribution in [0.1, 0.15) is 56.5 Å². The van der Waals surface area contributed by atoms with E-state index in [-0.39, 0.29) is 6.10 Å². The molecule has 2 heterocycles. The van der Waals surface area contributed by atoms with Gasteiger partial charge in [0.15, 0.2) is 0 Å². The molecule has 4 nitrogen and oxygen atoms in total. The second-order valence-electron chi connectivity index (χ2n) is 4.65. The van der Waals surface area contributed by atoms with Gasteiger partial charge in [-0.15, -0.1) is 0 Å². The molecule has 1 atom stereocenters. The molecule has 0 aliphatic carbocycles. The summed E-state index contributed by atoms with van der Waals surface area (Å²) in [6, 6.07) is 0.362. The fourth-order valence-electron chi connectivity index (χ4n) is 2.29. The fourth-order valence-corrected chi connectivity index (χ4v) is 2.29. The first-order chi connectivity index (χ1) is 7.74. The molecule has 1 aromatic rings. The van der Waals surface area contributed by atoms with E-state index in [0.717, 1.165) is 18.6 Å². The molecule has 1 unspecified atom stereocenters. The lowest BCUT2D eigenvalue weighted by atomic mass is 10.0. The first kappa shape index (κ1) is 11.6. The van der Waals surface area contributed by atoms with Crippen LogP contribution in [0.15, 0.2) is 6.20 Å². The number of hydrogen-bond donors (Lipinski definition) is 1. The van der Waals surface area contributed by atoms with Gasteiger partial charge in [-0.25, -0.2) is 0 Å². The van der Waals surface area contributed by atoms with Gasteiger partial charge in [-0.2, -0.15) is 5.10 Å². The van der Waals surface area contributed by atoms with Gasteiger partial charge in [0.2, 0.25) is 0 Å². The maximum absolute atomic E-state index is 5.84. The van der Waals surface area contributed by atoms with Gasteiger partial charge in [-0.05, 0) is 33.1 Å². The Morgan fingerprint density at radius 2 is 2.38 bits per heavy atom. The maximum Gasteiger partial charge on any atom is 0.0994 e. The monoisotopic (exact) mass is 223 g/mol. The topological polar surface area (TPSA) is 53.1 Å². The first-order valence-corrected chi connectivity index (χ1v) is 6.12. The largest absolute Gasteiger partial charge is 0.372 e. The molecular formula is C12H21N3O. The summed E-state index contributed by atoms with van der Waals surface area (Å²) < 4.78 is 7.89. The van der Waals surface area contributed by atoms with E-state index in [4.69, 9.17) is 10.5 Å². The third kappa shape index (κ3) is 2.13. The summed E-state index contributed by atoms with van der Waals surface area (Å²) in [5.74, 6) is 0. The second kappa shape index (κ2) is 4.97. The molecule has 2 N–H and O–H groups in total. The van der Waals surface area contributed by atoms with Crippen molar-refractivity contribution in [1.29, 1.82) is 0 Å². The van der Waals surface area contributed by atoms with E-state index in [2.05, 4.69) is 23.6 Å². The summed E-state index contributed by atoms with van der Waals surface area (Å²) in [6.45, 7) is 5.68.